The van der Waals surface area contributed by atoms with Gasteiger partial charge in [0, 0.05) is 30.9 Å². The fourth-order valence-corrected chi connectivity index (χ4v) is 11.6. The summed E-state index contributed by atoms with van der Waals surface area (Å²) in [5.41, 5.74) is 1.67. The first-order valence-corrected chi connectivity index (χ1v) is 16.3. The first kappa shape index (κ1) is 31.3. The van der Waals surface area contributed by atoms with E-state index in [0.717, 1.165) is 56.9 Å². The minimum atomic E-state index is -0.591. The molecule has 42 heavy (non-hydrogen) atoms. The Kier molecular flexibility index (Phi) is 7.63. The smallest absolute Gasteiger partial charge is 0.302 e. The molecular weight excluding hydrogens is 528 g/mol. The van der Waals surface area contributed by atoms with Crippen molar-refractivity contribution >= 4 is 17.7 Å². The molecule has 0 unspecified atom stereocenters. The summed E-state index contributed by atoms with van der Waals surface area (Å²) in [5, 5.41) is 0. The molecule has 0 bridgehead atoms. The molecule has 0 aromatic heterocycles. The third-order valence-electron chi connectivity index (χ3n) is 13.7. The summed E-state index contributed by atoms with van der Waals surface area (Å²) in [6.45, 7) is 19.7. The van der Waals surface area contributed by atoms with Crippen LogP contribution in [0.25, 0.3) is 0 Å². The topological polar surface area (TPSA) is 78.9 Å². The van der Waals surface area contributed by atoms with E-state index < -0.39 is 5.41 Å². The van der Waals surface area contributed by atoms with Gasteiger partial charge in [-0.3, -0.25) is 14.4 Å². The minimum absolute atomic E-state index is 0.00750. The number of hydrogen-bond acceptors (Lipinski definition) is 6. The fourth-order valence-electron chi connectivity index (χ4n) is 11.6. The van der Waals surface area contributed by atoms with E-state index in [4.69, 9.17) is 14.2 Å². The summed E-state index contributed by atoms with van der Waals surface area (Å²) >= 11 is 0. The van der Waals surface area contributed by atoms with Crippen molar-refractivity contribution in [2.45, 2.75) is 120 Å². The SMILES string of the molecule is COC1=CC(=O)C(C(C)C)=C2[C@H]3CC[C@@H]4[C@@]5(C)CC[C@H](OC(C)=O)C(C)(C)[C@@H]5CC[C@@]4(C)[C@]3(C)CC[C@@]12COC(C)=O. The van der Waals surface area contributed by atoms with Gasteiger partial charge in [0.05, 0.1) is 12.5 Å². The molecule has 4 fully saturated rings. The molecule has 0 N–H and O–H groups in total. The second-order valence-corrected chi connectivity index (χ2v) is 16.0. The lowest BCUT2D eigenvalue weighted by atomic mass is 9.32. The minimum Gasteiger partial charge on any atom is -0.500 e. The molecule has 0 radical (unpaired) electrons. The zero-order valence-electron chi connectivity index (χ0n) is 27.8. The second-order valence-electron chi connectivity index (χ2n) is 16.0. The summed E-state index contributed by atoms with van der Waals surface area (Å²) in [7, 11) is 1.65. The molecule has 0 amide bonds. The molecule has 0 aromatic rings. The van der Waals surface area contributed by atoms with Crippen LogP contribution in [-0.2, 0) is 28.6 Å². The Bertz CT molecular complexity index is 1230. The quantitative estimate of drug-likeness (QED) is 0.311. The van der Waals surface area contributed by atoms with Gasteiger partial charge in [-0.25, -0.2) is 0 Å². The van der Waals surface area contributed by atoms with Crippen LogP contribution in [0.5, 0.6) is 0 Å². The number of esters is 2. The molecule has 0 spiro atoms. The zero-order valence-corrected chi connectivity index (χ0v) is 27.8. The third kappa shape index (κ3) is 4.19. The van der Waals surface area contributed by atoms with Gasteiger partial charge in [0.15, 0.2) is 5.78 Å². The van der Waals surface area contributed by atoms with E-state index in [9.17, 15) is 14.4 Å². The van der Waals surface area contributed by atoms with Crippen LogP contribution in [0.15, 0.2) is 23.0 Å². The number of methoxy groups -OCH3 is 1. The van der Waals surface area contributed by atoms with Gasteiger partial charge < -0.3 is 14.2 Å². The van der Waals surface area contributed by atoms with Gasteiger partial charge in [-0.2, -0.15) is 0 Å². The Morgan fingerprint density at radius 3 is 2.17 bits per heavy atom. The number of rotatable bonds is 5. The van der Waals surface area contributed by atoms with Crippen LogP contribution in [0.2, 0.25) is 0 Å². The third-order valence-corrected chi connectivity index (χ3v) is 13.7. The summed E-state index contributed by atoms with van der Waals surface area (Å²) in [6, 6.07) is 0. The predicted molar refractivity (Wildman–Crippen MR) is 162 cm³/mol. The van der Waals surface area contributed by atoms with Crippen LogP contribution in [0.4, 0.5) is 0 Å². The summed E-state index contributed by atoms with van der Waals surface area (Å²) in [4.78, 5) is 37.9. The Hall–Kier alpha value is -2.11. The zero-order chi connectivity index (χ0) is 31.0. The molecule has 8 atom stereocenters. The summed E-state index contributed by atoms with van der Waals surface area (Å²) < 4.78 is 17.7. The van der Waals surface area contributed by atoms with Crippen molar-refractivity contribution in [1.29, 1.82) is 0 Å². The van der Waals surface area contributed by atoms with Gasteiger partial charge in [0.1, 0.15) is 18.5 Å². The highest BCUT2D eigenvalue weighted by molar-refractivity contribution is 6.07. The normalized spacial score (nSPS) is 42.5. The number of carbonyl (C=O) groups is 3. The van der Waals surface area contributed by atoms with E-state index in [1.165, 1.54) is 19.4 Å². The first-order chi connectivity index (χ1) is 19.5. The molecule has 5 rings (SSSR count). The van der Waals surface area contributed by atoms with Gasteiger partial charge in [-0.05, 0) is 96.9 Å². The van der Waals surface area contributed by atoms with Gasteiger partial charge in [0.25, 0.3) is 0 Å². The van der Waals surface area contributed by atoms with Crippen molar-refractivity contribution in [3.8, 4) is 0 Å². The van der Waals surface area contributed by atoms with Crippen LogP contribution in [0.3, 0.4) is 0 Å². The number of carbonyl (C=O) groups excluding carboxylic acids is 3. The van der Waals surface area contributed by atoms with Gasteiger partial charge in [0.2, 0.25) is 0 Å². The molecule has 5 aliphatic rings. The fraction of sp³-hybridized carbons (Fsp3) is 0.806. The monoisotopic (exact) mass is 582 g/mol. The highest BCUT2D eigenvalue weighted by atomic mass is 16.5. The Labute approximate surface area is 253 Å². The average molecular weight is 583 g/mol. The molecular formula is C36H54O6. The molecule has 0 saturated heterocycles. The molecule has 6 heteroatoms. The largest absolute Gasteiger partial charge is 0.500 e. The molecule has 4 saturated carbocycles. The number of ether oxygens (including phenoxy) is 3. The van der Waals surface area contributed by atoms with Crippen molar-refractivity contribution < 1.29 is 28.6 Å². The van der Waals surface area contributed by atoms with Crippen molar-refractivity contribution in [2.24, 2.45) is 50.7 Å². The van der Waals surface area contributed by atoms with Crippen LogP contribution in [0.1, 0.15) is 114 Å². The van der Waals surface area contributed by atoms with E-state index in [0.29, 0.717) is 17.6 Å². The second kappa shape index (κ2) is 10.2. The Morgan fingerprint density at radius 1 is 0.881 bits per heavy atom. The van der Waals surface area contributed by atoms with Crippen molar-refractivity contribution in [2.75, 3.05) is 13.7 Å². The predicted octanol–water partition coefficient (Wildman–Crippen LogP) is 7.60. The summed E-state index contributed by atoms with van der Waals surface area (Å²) in [5.74, 6) is 1.54. The molecule has 0 heterocycles. The highest BCUT2D eigenvalue weighted by Crippen LogP contribution is 2.76. The lowest BCUT2D eigenvalue weighted by Crippen LogP contribution is -2.66. The van der Waals surface area contributed by atoms with E-state index in [-0.39, 0.29) is 63.9 Å². The highest BCUT2D eigenvalue weighted by Gasteiger charge is 2.70. The number of hydrogen-bond donors (Lipinski definition) is 0. The first-order valence-electron chi connectivity index (χ1n) is 16.3. The van der Waals surface area contributed by atoms with Gasteiger partial charge in [-0.1, -0.05) is 48.5 Å². The standard InChI is InChI=1S/C36H54O6/c1-21(2)30-25(39)19-29(40-10)36(20-41-22(3)37)18-17-34(8)24(31(30)36)11-12-27-33(7)15-14-28(42-23(4)38)32(5,6)26(33)13-16-35(27,34)9/h19,21,24,26-28H,11-18,20H2,1-10H3/t24-,26+,27-,28+,33+,34-,35-,36-/m1/s1. The molecule has 6 nitrogen and oxygen atoms in total. The maximum atomic E-state index is 13.7. The number of fused-ring (bicyclic) bond motifs is 7. The van der Waals surface area contributed by atoms with E-state index in [1.807, 2.05) is 0 Å². The van der Waals surface area contributed by atoms with Crippen LogP contribution in [-0.4, -0.2) is 37.5 Å². The van der Waals surface area contributed by atoms with Crippen molar-refractivity contribution in [1.82, 2.24) is 0 Å². The lowest BCUT2D eigenvalue weighted by molar-refractivity contribution is -0.233. The van der Waals surface area contributed by atoms with Crippen molar-refractivity contribution in [3.05, 3.63) is 23.0 Å². The average Bonchev–Trinajstić information content (AvgIpc) is 2.89. The van der Waals surface area contributed by atoms with E-state index >= 15 is 0 Å². The molecule has 5 aliphatic carbocycles. The Morgan fingerprint density at radius 2 is 1.57 bits per heavy atom. The van der Waals surface area contributed by atoms with Crippen LogP contribution < -0.4 is 0 Å². The number of ketones is 1. The maximum Gasteiger partial charge on any atom is 0.302 e. The van der Waals surface area contributed by atoms with E-state index in [1.54, 1.807) is 13.2 Å². The van der Waals surface area contributed by atoms with Crippen LogP contribution >= 0.6 is 0 Å². The molecule has 0 aromatic carbocycles. The van der Waals surface area contributed by atoms with E-state index in [2.05, 4.69) is 48.5 Å². The van der Waals surface area contributed by atoms with Gasteiger partial charge in [-0.15, -0.1) is 0 Å². The molecule has 234 valence electrons. The molecule has 0 aliphatic heterocycles. The van der Waals surface area contributed by atoms with Crippen molar-refractivity contribution in [3.63, 3.8) is 0 Å². The lowest BCUT2D eigenvalue weighted by Gasteiger charge is -2.72. The maximum absolute atomic E-state index is 13.7. The Balaban J connectivity index is 1.60. The number of allylic oxidation sites excluding steroid dienone is 2. The van der Waals surface area contributed by atoms with Crippen LogP contribution in [0, 0.1) is 50.7 Å². The van der Waals surface area contributed by atoms with Gasteiger partial charge >= 0.3 is 11.9 Å². The summed E-state index contributed by atoms with van der Waals surface area (Å²) in [6.07, 6.45) is 9.80.